The van der Waals surface area contributed by atoms with Crippen molar-refractivity contribution in [2.75, 3.05) is 19.7 Å². The molecule has 4 nitrogen and oxygen atoms in total. The van der Waals surface area contributed by atoms with Crippen molar-refractivity contribution in [3.63, 3.8) is 0 Å². The van der Waals surface area contributed by atoms with E-state index >= 15 is 0 Å². The summed E-state index contributed by atoms with van der Waals surface area (Å²) >= 11 is 0. The van der Waals surface area contributed by atoms with Gasteiger partial charge in [-0.25, -0.2) is 4.79 Å². The first-order valence-electron chi connectivity index (χ1n) is 9.56. The summed E-state index contributed by atoms with van der Waals surface area (Å²) in [5, 5.41) is 2.81. The maximum atomic E-state index is 11.2. The number of alkyl carbamates (subject to hydrolysis) is 1. The molecule has 5 heteroatoms. The van der Waals surface area contributed by atoms with Gasteiger partial charge in [-0.3, -0.25) is 0 Å². The van der Waals surface area contributed by atoms with Gasteiger partial charge in [-0.2, -0.15) is 0 Å². The topological polar surface area (TPSA) is 41.6 Å². The quantitative estimate of drug-likeness (QED) is 0.817. The van der Waals surface area contributed by atoms with Crippen molar-refractivity contribution < 1.29 is 9.53 Å². The summed E-state index contributed by atoms with van der Waals surface area (Å²) in [4.78, 5) is 13.8. The van der Waals surface area contributed by atoms with Crippen molar-refractivity contribution in [1.82, 2.24) is 10.2 Å². The lowest BCUT2D eigenvalue weighted by Gasteiger charge is -2.20. The lowest BCUT2D eigenvalue weighted by molar-refractivity contribution is 0.177. The molecule has 2 fully saturated rings. The van der Waals surface area contributed by atoms with E-state index in [9.17, 15) is 4.79 Å². The van der Waals surface area contributed by atoms with Gasteiger partial charge in [0.1, 0.15) is 6.61 Å². The summed E-state index contributed by atoms with van der Waals surface area (Å²) in [5.41, 5.74) is 4.89. The molecule has 0 bridgehead atoms. The molecule has 2 saturated heterocycles. The Balaban J connectivity index is 0.00000210. The van der Waals surface area contributed by atoms with E-state index in [1.807, 2.05) is 0 Å². The van der Waals surface area contributed by atoms with Crippen molar-refractivity contribution in [1.29, 1.82) is 0 Å². The van der Waals surface area contributed by atoms with Gasteiger partial charge < -0.3 is 15.0 Å². The molecule has 2 aliphatic heterocycles. The van der Waals surface area contributed by atoms with Crippen LogP contribution in [-0.4, -0.2) is 36.7 Å². The van der Waals surface area contributed by atoms with Crippen LogP contribution < -0.4 is 5.32 Å². The van der Waals surface area contributed by atoms with Gasteiger partial charge in [-0.15, -0.1) is 12.4 Å². The number of rotatable bonds is 5. The fourth-order valence-corrected chi connectivity index (χ4v) is 3.93. The van der Waals surface area contributed by atoms with E-state index in [0.29, 0.717) is 6.61 Å². The van der Waals surface area contributed by atoms with Crippen LogP contribution in [0.3, 0.4) is 0 Å². The molecule has 1 amide bonds. The van der Waals surface area contributed by atoms with Gasteiger partial charge in [-0.1, -0.05) is 48.5 Å². The Bertz CT molecular complexity index is 761. The summed E-state index contributed by atoms with van der Waals surface area (Å²) in [6, 6.07) is 18.0. The first kappa shape index (κ1) is 19.7. The third kappa shape index (κ3) is 4.63. The zero-order valence-corrected chi connectivity index (χ0v) is 16.5. The minimum atomic E-state index is -0.335. The second kappa shape index (κ2) is 8.77. The summed E-state index contributed by atoms with van der Waals surface area (Å²) in [6.45, 7) is 5.15. The van der Waals surface area contributed by atoms with Crippen molar-refractivity contribution in [2.45, 2.75) is 38.3 Å². The number of carbonyl (C=O) groups excluding carboxylic acids is 1. The molecule has 2 aromatic rings. The van der Waals surface area contributed by atoms with E-state index in [1.54, 1.807) is 0 Å². The monoisotopic (exact) mass is 386 g/mol. The number of benzene rings is 2. The largest absolute Gasteiger partial charge is 0.447 e. The molecule has 27 heavy (non-hydrogen) atoms. The van der Waals surface area contributed by atoms with Crippen molar-refractivity contribution in [2.24, 2.45) is 0 Å². The smallest absolute Gasteiger partial charge is 0.407 e. The Hall–Kier alpha value is -2.04. The van der Waals surface area contributed by atoms with Crippen LogP contribution in [0.1, 0.15) is 36.9 Å². The number of ether oxygens (including phenoxy) is 1. The molecule has 2 aliphatic rings. The minimum Gasteiger partial charge on any atom is -0.447 e. The van der Waals surface area contributed by atoms with E-state index in [1.165, 1.54) is 36.1 Å². The lowest BCUT2D eigenvalue weighted by atomic mass is 9.99. The fourth-order valence-electron chi connectivity index (χ4n) is 3.93. The zero-order chi connectivity index (χ0) is 17.9. The maximum Gasteiger partial charge on any atom is 0.407 e. The number of cyclic esters (lactones) is 1. The Kier molecular flexibility index (Phi) is 6.40. The average Bonchev–Trinajstić information content (AvgIpc) is 3.29. The van der Waals surface area contributed by atoms with E-state index < -0.39 is 0 Å². The molecule has 0 saturated carbocycles. The predicted molar refractivity (Wildman–Crippen MR) is 110 cm³/mol. The maximum absolute atomic E-state index is 11.2. The van der Waals surface area contributed by atoms with Gasteiger partial charge in [0.05, 0.1) is 6.04 Å². The van der Waals surface area contributed by atoms with Crippen LogP contribution in [0.2, 0.25) is 0 Å². The highest BCUT2D eigenvalue weighted by Crippen LogP contribution is 2.24. The summed E-state index contributed by atoms with van der Waals surface area (Å²) in [5.74, 6) is 0. The van der Waals surface area contributed by atoms with Crippen LogP contribution in [0.25, 0.3) is 11.1 Å². The van der Waals surface area contributed by atoms with Crippen molar-refractivity contribution >= 4 is 18.5 Å². The minimum absolute atomic E-state index is 0. The average molecular weight is 387 g/mol. The highest BCUT2D eigenvalue weighted by Gasteiger charge is 2.23. The van der Waals surface area contributed by atoms with Gasteiger partial charge >= 0.3 is 6.09 Å². The van der Waals surface area contributed by atoms with E-state index in [4.69, 9.17) is 4.74 Å². The second-order valence-electron chi connectivity index (χ2n) is 7.39. The molecule has 0 radical (unpaired) electrons. The van der Waals surface area contributed by atoms with Gasteiger partial charge in [0, 0.05) is 12.6 Å². The molecule has 0 spiro atoms. The number of hydrogen-bond donors (Lipinski definition) is 1. The lowest BCUT2D eigenvalue weighted by Crippen LogP contribution is -2.28. The first-order valence-corrected chi connectivity index (χ1v) is 9.56. The Labute approximate surface area is 167 Å². The van der Waals surface area contributed by atoms with Gasteiger partial charge in [0.15, 0.2) is 0 Å². The van der Waals surface area contributed by atoms with E-state index in [0.717, 1.165) is 24.6 Å². The molecule has 0 unspecified atom stereocenters. The van der Waals surface area contributed by atoms with Gasteiger partial charge in [0.2, 0.25) is 0 Å². The molecule has 0 aromatic heterocycles. The van der Waals surface area contributed by atoms with Crippen LogP contribution in [0.15, 0.2) is 48.5 Å². The standard InChI is InChI=1S/C22H26N2O2.ClH/c1-16-3-2-13-24(16)14-12-17-4-6-18(7-5-17)19-8-10-20(11-9-19)21-15-26-22(25)23-21;/h4-11,16,21H,2-3,12-15H2,1H3,(H,23,25);1H/t16-,21+;/m1./s1. The Morgan fingerprint density at radius 1 is 1.07 bits per heavy atom. The third-order valence-electron chi connectivity index (χ3n) is 5.65. The number of amides is 1. The molecule has 4 rings (SSSR count). The van der Waals surface area contributed by atoms with Crippen LogP contribution in [-0.2, 0) is 11.2 Å². The highest BCUT2D eigenvalue weighted by molar-refractivity contribution is 5.85. The molecule has 0 aliphatic carbocycles. The van der Waals surface area contributed by atoms with Gasteiger partial charge in [-0.05, 0) is 55.0 Å². The number of nitrogens with one attached hydrogen (secondary N) is 1. The number of nitrogens with zero attached hydrogens (tertiary/aromatic N) is 1. The fraction of sp³-hybridized carbons (Fsp3) is 0.409. The normalized spacial score (nSPS) is 22.2. The molecule has 1 N–H and O–H groups in total. The molecule has 2 heterocycles. The molecular weight excluding hydrogens is 360 g/mol. The van der Waals surface area contributed by atoms with Crippen LogP contribution in [0.5, 0.6) is 0 Å². The first-order chi connectivity index (χ1) is 12.7. The molecule has 2 atom stereocenters. The summed E-state index contributed by atoms with van der Waals surface area (Å²) in [7, 11) is 0. The SMILES string of the molecule is C[C@@H]1CCCN1CCc1ccc(-c2ccc([C@@H]3COC(=O)N3)cc2)cc1.Cl. The molecule has 2 aromatic carbocycles. The van der Waals surface area contributed by atoms with Crippen LogP contribution in [0, 0.1) is 0 Å². The van der Waals surface area contributed by atoms with Crippen LogP contribution in [0.4, 0.5) is 4.79 Å². The van der Waals surface area contributed by atoms with E-state index in [2.05, 4.69) is 65.7 Å². The van der Waals surface area contributed by atoms with Crippen molar-refractivity contribution in [3.05, 3.63) is 59.7 Å². The number of halogens is 1. The number of likely N-dealkylation sites (tertiary alicyclic amines) is 1. The third-order valence-corrected chi connectivity index (χ3v) is 5.65. The Morgan fingerprint density at radius 3 is 2.30 bits per heavy atom. The highest BCUT2D eigenvalue weighted by atomic mass is 35.5. The number of carbonyl (C=O) groups is 1. The summed E-state index contributed by atoms with van der Waals surface area (Å²) in [6.07, 6.45) is 3.46. The number of hydrogen-bond acceptors (Lipinski definition) is 3. The summed E-state index contributed by atoms with van der Waals surface area (Å²) < 4.78 is 4.96. The predicted octanol–water partition coefficient (Wildman–Crippen LogP) is 4.58. The molecular formula is C22H27ClN2O2. The van der Waals surface area contributed by atoms with Crippen molar-refractivity contribution in [3.8, 4) is 11.1 Å². The van der Waals surface area contributed by atoms with Gasteiger partial charge in [0.25, 0.3) is 0 Å². The molecule has 144 valence electrons. The van der Waals surface area contributed by atoms with E-state index in [-0.39, 0.29) is 24.5 Å². The Morgan fingerprint density at radius 2 is 1.74 bits per heavy atom. The zero-order valence-electron chi connectivity index (χ0n) is 15.7. The van der Waals surface area contributed by atoms with Crippen LogP contribution >= 0.6 is 12.4 Å². The second-order valence-corrected chi connectivity index (χ2v) is 7.39.